The number of carbonyl (C=O) groups is 1. The molecule has 1 amide bonds. The van der Waals surface area contributed by atoms with Crippen molar-refractivity contribution in [1.82, 2.24) is 5.32 Å². The number of hydrogen-bond acceptors (Lipinski definition) is 2. The van der Waals surface area contributed by atoms with Crippen LogP contribution in [0.15, 0.2) is 23.1 Å². The number of amides is 1. The van der Waals surface area contributed by atoms with Crippen LogP contribution in [0.2, 0.25) is 10.0 Å². The summed E-state index contributed by atoms with van der Waals surface area (Å²) >= 11 is 13.4. The average molecular weight is 292 g/mol. The number of hydrogen-bond donors (Lipinski definition) is 1. The third-order valence-electron chi connectivity index (χ3n) is 2.12. The van der Waals surface area contributed by atoms with Gasteiger partial charge in [-0.25, -0.2) is 0 Å². The van der Waals surface area contributed by atoms with Gasteiger partial charge in [0.05, 0.1) is 15.8 Å². The Hall–Kier alpha value is -0.380. The number of benzene rings is 1. The molecular formula is C12H15Cl2NOS. The van der Waals surface area contributed by atoms with Crippen LogP contribution in [0.5, 0.6) is 0 Å². The van der Waals surface area contributed by atoms with E-state index in [2.05, 4.69) is 12.2 Å². The average Bonchev–Trinajstić information content (AvgIpc) is 2.29. The van der Waals surface area contributed by atoms with Crippen LogP contribution in [0.4, 0.5) is 0 Å². The Kier molecular flexibility index (Phi) is 6.78. The topological polar surface area (TPSA) is 29.1 Å². The van der Waals surface area contributed by atoms with Gasteiger partial charge in [0.2, 0.25) is 5.91 Å². The molecule has 1 aromatic carbocycles. The Morgan fingerprint density at radius 1 is 1.35 bits per heavy atom. The predicted molar refractivity (Wildman–Crippen MR) is 75.1 cm³/mol. The molecule has 2 nitrogen and oxygen atoms in total. The number of rotatable bonds is 6. The van der Waals surface area contributed by atoms with Crippen LogP contribution in [0.1, 0.15) is 19.8 Å². The smallest absolute Gasteiger partial charge is 0.230 e. The van der Waals surface area contributed by atoms with E-state index in [-0.39, 0.29) is 5.91 Å². The molecule has 0 saturated carbocycles. The molecule has 0 heterocycles. The van der Waals surface area contributed by atoms with Crippen LogP contribution in [-0.2, 0) is 4.79 Å². The van der Waals surface area contributed by atoms with E-state index >= 15 is 0 Å². The number of unbranched alkanes of at least 4 members (excludes halogenated alkanes) is 1. The third-order valence-corrected chi connectivity index (χ3v) is 4.11. The van der Waals surface area contributed by atoms with Gasteiger partial charge in [-0.3, -0.25) is 4.79 Å². The Bertz CT molecular complexity index is 365. The zero-order valence-electron chi connectivity index (χ0n) is 9.63. The molecule has 0 aliphatic carbocycles. The Morgan fingerprint density at radius 2 is 2.00 bits per heavy atom. The summed E-state index contributed by atoms with van der Waals surface area (Å²) in [4.78, 5) is 12.3. The summed E-state index contributed by atoms with van der Waals surface area (Å²) < 4.78 is 0. The zero-order chi connectivity index (χ0) is 12.7. The Morgan fingerprint density at radius 3 is 2.59 bits per heavy atom. The van der Waals surface area contributed by atoms with Crippen molar-refractivity contribution in [2.75, 3.05) is 12.3 Å². The SMILES string of the molecule is CCCCNC(=O)CSc1c(Cl)cccc1Cl. The van der Waals surface area contributed by atoms with Crippen LogP contribution in [-0.4, -0.2) is 18.2 Å². The van der Waals surface area contributed by atoms with Gasteiger partial charge < -0.3 is 5.32 Å². The maximum atomic E-state index is 11.5. The van der Waals surface area contributed by atoms with Gasteiger partial charge in [-0.05, 0) is 18.6 Å². The van der Waals surface area contributed by atoms with Crippen molar-refractivity contribution in [2.45, 2.75) is 24.7 Å². The molecule has 1 aromatic rings. The first-order valence-corrected chi connectivity index (χ1v) is 7.22. The fourth-order valence-corrected chi connectivity index (χ4v) is 2.73. The fourth-order valence-electron chi connectivity index (χ4n) is 1.21. The van der Waals surface area contributed by atoms with E-state index in [4.69, 9.17) is 23.2 Å². The second-order valence-corrected chi connectivity index (χ2v) is 5.34. The minimum atomic E-state index is 0.0134. The van der Waals surface area contributed by atoms with Crippen molar-refractivity contribution in [3.63, 3.8) is 0 Å². The first kappa shape index (κ1) is 14.7. The van der Waals surface area contributed by atoms with Gasteiger partial charge in [0.15, 0.2) is 0 Å². The summed E-state index contributed by atoms with van der Waals surface area (Å²) in [5, 5.41) is 4.02. The molecular weight excluding hydrogens is 277 g/mol. The lowest BCUT2D eigenvalue weighted by Crippen LogP contribution is -2.25. The van der Waals surface area contributed by atoms with Crippen LogP contribution < -0.4 is 5.32 Å². The van der Waals surface area contributed by atoms with E-state index in [0.717, 1.165) is 24.3 Å². The number of nitrogens with one attached hydrogen (secondary N) is 1. The molecule has 5 heteroatoms. The quantitative estimate of drug-likeness (QED) is 0.634. The molecule has 0 saturated heterocycles. The molecule has 17 heavy (non-hydrogen) atoms. The third kappa shape index (κ3) is 5.19. The molecule has 0 unspecified atom stereocenters. The van der Waals surface area contributed by atoms with E-state index in [1.165, 1.54) is 11.8 Å². The summed E-state index contributed by atoms with van der Waals surface area (Å²) in [6.07, 6.45) is 2.08. The summed E-state index contributed by atoms with van der Waals surface area (Å²) in [6.45, 7) is 2.82. The van der Waals surface area contributed by atoms with Gasteiger partial charge in [-0.2, -0.15) is 0 Å². The molecule has 0 aliphatic heterocycles. The van der Waals surface area contributed by atoms with E-state index < -0.39 is 0 Å². The van der Waals surface area contributed by atoms with Gasteiger partial charge in [-0.1, -0.05) is 42.6 Å². The van der Waals surface area contributed by atoms with Crippen molar-refractivity contribution < 1.29 is 4.79 Å². The van der Waals surface area contributed by atoms with Crippen molar-refractivity contribution in [3.8, 4) is 0 Å². The normalized spacial score (nSPS) is 10.3. The number of thioether (sulfide) groups is 1. The van der Waals surface area contributed by atoms with Crippen LogP contribution in [0, 0.1) is 0 Å². The fraction of sp³-hybridized carbons (Fsp3) is 0.417. The van der Waals surface area contributed by atoms with Crippen molar-refractivity contribution in [2.24, 2.45) is 0 Å². The van der Waals surface area contributed by atoms with Crippen molar-refractivity contribution in [1.29, 1.82) is 0 Å². The van der Waals surface area contributed by atoms with E-state index in [1.54, 1.807) is 18.2 Å². The highest BCUT2D eigenvalue weighted by Gasteiger charge is 2.08. The molecule has 0 fully saturated rings. The molecule has 1 rings (SSSR count). The minimum Gasteiger partial charge on any atom is -0.355 e. The van der Waals surface area contributed by atoms with Gasteiger partial charge in [0, 0.05) is 11.4 Å². The van der Waals surface area contributed by atoms with Gasteiger partial charge >= 0.3 is 0 Å². The largest absolute Gasteiger partial charge is 0.355 e. The van der Waals surface area contributed by atoms with E-state index in [9.17, 15) is 4.79 Å². The predicted octanol–water partition coefficient (Wildman–Crippen LogP) is 4.00. The zero-order valence-corrected chi connectivity index (χ0v) is 12.0. The second-order valence-electron chi connectivity index (χ2n) is 3.54. The highest BCUT2D eigenvalue weighted by atomic mass is 35.5. The van der Waals surface area contributed by atoms with Crippen molar-refractivity contribution >= 4 is 40.9 Å². The summed E-state index contributed by atoms with van der Waals surface area (Å²) in [6, 6.07) is 5.32. The molecule has 0 atom stereocenters. The maximum absolute atomic E-state index is 11.5. The summed E-state index contributed by atoms with van der Waals surface area (Å²) in [5.74, 6) is 0.354. The van der Waals surface area contributed by atoms with Crippen LogP contribution in [0.25, 0.3) is 0 Å². The van der Waals surface area contributed by atoms with Crippen LogP contribution in [0.3, 0.4) is 0 Å². The van der Waals surface area contributed by atoms with Gasteiger partial charge in [-0.15, -0.1) is 11.8 Å². The van der Waals surface area contributed by atoms with E-state index in [1.807, 2.05) is 0 Å². The molecule has 94 valence electrons. The number of halogens is 2. The van der Waals surface area contributed by atoms with E-state index in [0.29, 0.717) is 15.8 Å². The molecule has 0 aliphatic rings. The lowest BCUT2D eigenvalue weighted by Gasteiger charge is -2.07. The molecule has 0 spiro atoms. The van der Waals surface area contributed by atoms with Crippen molar-refractivity contribution in [3.05, 3.63) is 28.2 Å². The first-order valence-electron chi connectivity index (χ1n) is 5.48. The Balaban J connectivity index is 2.42. The maximum Gasteiger partial charge on any atom is 0.230 e. The highest BCUT2D eigenvalue weighted by Crippen LogP contribution is 2.33. The standard InChI is InChI=1S/C12H15Cl2NOS/c1-2-3-7-15-11(16)8-17-12-9(13)5-4-6-10(12)14/h4-6H,2-3,7-8H2,1H3,(H,15,16). The highest BCUT2D eigenvalue weighted by molar-refractivity contribution is 8.00. The Labute approximate surface area is 116 Å². The molecule has 0 radical (unpaired) electrons. The lowest BCUT2D eigenvalue weighted by molar-refractivity contribution is -0.118. The van der Waals surface area contributed by atoms with Gasteiger partial charge in [0.25, 0.3) is 0 Å². The molecule has 0 aromatic heterocycles. The van der Waals surface area contributed by atoms with Crippen LogP contribution >= 0.6 is 35.0 Å². The first-order chi connectivity index (χ1) is 8.15. The second kappa shape index (κ2) is 7.85. The monoisotopic (exact) mass is 291 g/mol. The molecule has 1 N–H and O–H groups in total. The molecule has 0 bridgehead atoms. The summed E-state index contributed by atoms with van der Waals surface area (Å²) in [5.41, 5.74) is 0. The number of carbonyl (C=O) groups excluding carboxylic acids is 1. The lowest BCUT2D eigenvalue weighted by atomic mass is 10.3. The van der Waals surface area contributed by atoms with Gasteiger partial charge in [0.1, 0.15) is 0 Å². The minimum absolute atomic E-state index is 0.0134. The summed E-state index contributed by atoms with van der Waals surface area (Å²) in [7, 11) is 0.